The van der Waals surface area contributed by atoms with E-state index in [4.69, 9.17) is 0 Å². The van der Waals surface area contributed by atoms with Crippen LogP contribution in [0.3, 0.4) is 0 Å². The van der Waals surface area contributed by atoms with Crippen LogP contribution in [-0.2, 0) is 9.59 Å². The van der Waals surface area contributed by atoms with Crippen LogP contribution in [0.2, 0.25) is 0 Å². The molecule has 2 rings (SSSR count). The van der Waals surface area contributed by atoms with Gasteiger partial charge in [-0.2, -0.15) is 0 Å². The fourth-order valence-corrected chi connectivity index (χ4v) is 3.62. The molecule has 5 heteroatoms. The molecule has 0 bridgehead atoms. The quantitative estimate of drug-likeness (QED) is 0.694. The van der Waals surface area contributed by atoms with E-state index in [1.165, 1.54) is 0 Å². The Morgan fingerprint density at radius 2 is 2.36 bits per heavy atom. The summed E-state index contributed by atoms with van der Waals surface area (Å²) in [4.78, 5) is 24.9. The number of ketones is 1. The lowest BCUT2D eigenvalue weighted by Gasteiger charge is -2.21. The van der Waals surface area contributed by atoms with Crippen LogP contribution >= 0.6 is 11.8 Å². The molecule has 2 aliphatic rings. The molecule has 0 aromatic carbocycles. The molecule has 2 fully saturated rings. The number of likely N-dealkylation sites (N-methyl/N-ethyl adjacent to an activating group) is 1. The number of Topliss-reactive ketones (excluding diaryl/α,β-unsaturated/α-hetero) is 1. The van der Waals surface area contributed by atoms with Crippen LogP contribution in [-0.4, -0.2) is 46.8 Å². The smallest absolute Gasteiger partial charge is 0.241 e. The fourth-order valence-electron chi connectivity index (χ4n) is 2.08. The van der Waals surface area contributed by atoms with Gasteiger partial charge in [0.05, 0.1) is 11.4 Å². The first kappa shape index (κ1) is 9.98. The fraction of sp³-hybridized carbons (Fsp3) is 0.778. The minimum Gasteiger partial charge on any atom is -0.318 e. The van der Waals surface area contributed by atoms with Crippen molar-refractivity contribution in [1.82, 2.24) is 10.2 Å². The van der Waals surface area contributed by atoms with E-state index in [1.807, 2.05) is 0 Å². The number of nitrogens with one attached hydrogen (secondary N) is 1. The lowest BCUT2D eigenvalue weighted by atomic mass is 10.2. The largest absolute Gasteiger partial charge is 0.318 e. The number of hydrogen-bond donors (Lipinski definition) is 1. The number of carbonyl (C=O) groups is 2. The average Bonchev–Trinajstić information content (AvgIpc) is 2.66. The summed E-state index contributed by atoms with van der Waals surface area (Å²) in [5.74, 6) is 0.954. The lowest BCUT2D eigenvalue weighted by molar-refractivity contribution is -0.135. The number of fused-ring (bicyclic) bond motifs is 1. The molecule has 0 saturated carbocycles. The van der Waals surface area contributed by atoms with Crippen molar-refractivity contribution in [3.8, 4) is 0 Å². The molecular weight excluding hydrogens is 200 g/mol. The summed E-state index contributed by atoms with van der Waals surface area (Å²) in [5.41, 5.74) is 0. The molecule has 2 aliphatic heterocycles. The number of hydrogen-bond acceptors (Lipinski definition) is 4. The van der Waals surface area contributed by atoms with Gasteiger partial charge in [0.1, 0.15) is 6.04 Å². The van der Waals surface area contributed by atoms with Gasteiger partial charge < -0.3 is 10.2 Å². The van der Waals surface area contributed by atoms with Crippen molar-refractivity contribution in [3.63, 3.8) is 0 Å². The highest BCUT2D eigenvalue weighted by Crippen LogP contribution is 2.37. The van der Waals surface area contributed by atoms with Gasteiger partial charge in [0, 0.05) is 12.2 Å². The summed E-state index contributed by atoms with van der Waals surface area (Å²) in [5, 5.41) is 3.20. The van der Waals surface area contributed by atoms with E-state index in [9.17, 15) is 9.59 Å². The van der Waals surface area contributed by atoms with Crippen molar-refractivity contribution < 1.29 is 9.59 Å². The Labute approximate surface area is 87.4 Å². The third-order valence-electron chi connectivity index (χ3n) is 2.90. The summed E-state index contributed by atoms with van der Waals surface area (Å²) in [6.45, 7) is 1.56. The summed E-state index contributed by atoms with van der Waals surface area (Å²) in [6.07, 6.45) is 0.823. The maximum atomic E-state index is 11.8. The lowest BCUT2D eigenvalue weighted by Crippen LogP contribution is -2.44. The Bertz CT molecular complexity index is 282. The highest BCUT2D eigenvalue weighted by atomic mass is 32.2. The van der Waals surface area contributed by atoms with Gasteiger partial charge in [-0.3, -0.25) is 9.59 Å². The molecule has 2 heterocycles. The van der Waals surface area contributed by atoms with Crippen LogP contribution in [0.4, 0.5) is 0 Å². The zero-order chi connectivity index (χ0) is 10.3. The molecule has 0 radical (unpaired) electrons. The van der Waals surface area contributed by atoms with Crippen molar-refractivity contribution in [2.75, 3.05) is 12.8 Å². The summed E-state index contributed by atoms with van der Waals surface area (Å²) < 4.78 is 0. The van der Waals surface area contributed by atoms with E-state index in [1.54, 1.807) is 30.6 Å². The SMILES string of the molecule is CN[C@@H]1CC2SC[C@H](C(C)=O)N2C1=O. The molecule has 0 spiro atoms. The molecule has 3 atom stereocenters. The molecule has 1 unspecified atom stereocenters. The number of carbonyl (C=O) groups excluding carboxylic acids is 2. The van der Waals surface area contributed by atoms with Gasteiger partial charge in [0.2, 0.25) is 5.91 Å². The highest BCUT2D eigenvalue weighted by molar-refractivity contribution is 8.00. The van der Waals surface area contributed by atoms with E-state index in [-0.39, 0.29) is 29.1 Å². The molecule has 0 aromatic rings. The Balaban J connectivity index is 2.17. The molecule has 1 N–H and O–H groups in total. The second-order valence-electron chi connectivity index (χ2n) is 3.74. The van der Waals surface area contributed by atoms with Gasteiger partial charge in [-0.25, -0.2) is 0 Å². The van der Waals surface area contributed by atoms with Crippen molar-refractivity contribution in [1.29, 1.82) is 0 Å². The maximum Gasteiger partial charge on any atom is 0.241 e. The van der Waals surface area contributed by atoms with Crippen LogP contribution in [0.5, 0.6) is 0 Å². The van der Waals surface area contributed by atoms with Gasteiger partial charge in [-0.05, 0) is 14.0 Å². The Hall–Kier alpha value is -0.550. The van der Waals surface area contributed by atoms with Gasteiger partial charge in [0.25, 0.3) is 0 Å². The van der Waals surface area contributed by atoms with Gasteiger partial charge in [0.15, 0.2) is 5.78 Å². The van der Waals surface area contributed by atoms with Gasteiger partial charge in [-0.15, -0.1) is 11.8 Å². The van der Waals surface area contributed by atoms with Crippen molar-refractivity contribution in [2.45, 2.75) is 30.8 Å². The molecular formula is C9H14N2O2S. The first-order chi connectivity index (χ1) is 6.65. The maximum absolute atomic E-state index is 11.8. The predicted molar refractivity (Wildman–Crippen MR) is 55.0 cm³/mol. The minimum absolute atomic E-state index is 0.0858. The molecule has 14 heavy (non-hydrogen) atoms. The highest BCUT2D eigenvalue weighted by Gasteiger charge is 2.48. The van der Waals surface area contributed by atoms with Crippen molar-refractivity contribution in [2.24, 2.45) is 0 Å². The Kier molecular flexibility index (Phi) is 2.53. The van der Waals surface area contributed by atoms with E-state index < -0.39 is 0 Å². The normalized spacial score (nSPS) is 36.3. The monoisotopic (exact) mass is 214 g/mol. The molecule has 0 aliphatic carbocycles. The number of amides is 1. The zero-order valence-corrected chi connectivity index (χ0v) is 9.13. The topological polar surface area (TPSA) is 49.4 Å². The molecule has 2 saturated heterocycles. The van der Waals surface area contributed by atoms with E-state index >= 15 is 0 Å². The number of nitrogens with zero attached hydrogens (tertiary/aromatic N) is 1. The molecule has 78 valence electrons. The number of rotatable bonds is 2. The van der Waals surface area contributed by atoms with Crippen LogP contribution in [0.15, 0.2) is 0 Å². The second-order valence-corrected chi connectivity index (χ2v) is 4.95. The van der Waals surface area contributed by atoms with E-state index in [2.05, 4.69) is 5.32 Å². The Morgan fingerprint density at radius 3 is 2.93 bits per heavy atom. The van der Waals surface area contributed by atoms with Gasteiger partial charge >= 0.3 is 0 Å². The first-order valence-corrected chi connectivity index (χ1v) is 5.81. The first-order valence-electron chi connectivity index (χ1n) is 4.76. The molecule has 1 amide bonds. The van der Waals surface area contributed by atoms with Crippen molar-refractivity contribution >= 4 is 23.5 Å². The third kappa shape index (κ3) is 1.35. The van der Waals surface area contributed by atoms with Gasteiger partial charge in [-0.1, -0.05) is 0 Å². The van der Waals surface area contributed by atoms with E-state index in [0.29, 0.717) is 0 Å². The average molecular weight is 214 g/mol. The summed E-state index contributed by atoms with van der Waals surface area (Å²) in [7, 11) is 1.79. The molecule has 0 aromatic heterocycles. The van der Waals surface area contributed by atoms with Crippen LogP contribution in [0.1, 0.15) is 13.3 Å². The van der Waals surface area contributed by atoms with Crippen LogP contribution < -0.4 is 5.32 Å². The Morgan fingerprint density at radius 1 is 1.64 bits per heavy atom. The zero-order valence-electron chi connectivity index (χ0n) is 8.32. The standard InChI is InChI=1S/C9H14N2O2S/c1-5(12)7-4-14-8-3-6(10-2)9(13)11(7)8/h6-8,10H,3-4H2,1-2H3/t6-,7-,8?/m1/s1. The van der Waals surface area contributed by atoms with Crippen molar-refractivity contribution in [3.05, 3.63) is 0 Å². The third-order valence-corrected chi connectivity index (χ3v) is 4.21. The van der Waals surface area contributed by atoms with E-state index in [0.717, 1.165) is 12.2 Å². The minimum atomic E-state index is -0.184. The second kappa shape index (κ2) is 3.55. The van der Waals surface area contributed by atoms with Crippen LogP contribution in [0, 0.1) is 0 Å². The predicted octanol–water partition coefficient (Wildman–Crippen LogP) is -0.163. The number of thioether (sulfide) groups is 1. The summed E-state index contributed by atoms with van der Waals surface area (Å²) >= 11 is 1.72. The molecule has 4 nitrogen and oxygen atoms in total. The van der Waals surface area contributed by atoms with Crippen LogP contribution in [0.25, 0.3) is 0 Å². The summed E-state index contributed by atoms with van der Waals surface area (Å²) in [6, 6.07) is -0.273.